The van der Waals surface area contributed by atoms with E-state index in [-0.39, 0.29) is 44.1 Å². The molecule has 148 valence electrons. The second-order valence-corrected chi connectivity index (χ2v) is 6.89. The molecule has 1 aliphatic heterocycles. The van der Waals surface area contributed by atoms with Crippen molar-refractivity contribution in [1.29, 1.82) is 0 Å². The third kappa shape index (κ3) is 4.47. The van der Waals surface area contributed by atoms with E-state index in [4.69, 9.17) is 11.6 Å². The number of hydrogen-bond acceptors (Lipinski definition) is 2. The lowest BCUT2D eigenvalue weighted by atomic mass is 10.1. The van der Waals surface area contributed by atoms with Gasteiger partial charge in [0.15, 0.2) is 0 Å². The van der Waals surface area contributed by atoms with E-state index in [0.717, 1.165) is 6.07 Å². The van der Waals surface area contributed by atoms with Crippen LogP contribution in [0.1, 0.15) is 21.5 Å². The molecule has 0 atom stereocenters. The van der Waals surface area contributed by atoms with Crippen LogP contribution < -0.4 is 0 Å². The number of rotatable bonds is 3. The van der Waals surface area contributed by atoms with Gasteiger partial charge in [-0.1, -0.05) is 41.9 Å². The number of hydrogen-bond donors (Lipinski definition) is 0. The Morgan fingerprint density at radius 1 is 0.893 bits per heavy atom. The Bertz CT molecular complexity index is 878. The Balaban J connectivity index is 1.64. The summed E-state index contributed by atoms with van der Waals surface area (Å²) in [6, 6.07) is 11.8. The van der Waals surface area contributed by atoms with E-state index in [1.54, 1.807) is 29.2 Å². The molecular weight excluding hydrogens is 393 g/mol. The maximum absolute atomic E-state index is 13.1. The smallest absolute Gasteiger partial charge is 0.339 e. The Kier molecular flexibility index (Phi) is 5.93. The molecule has 0 aromatic heterocycles. The van der Waals surface area contributed by atoms with Crippen molar-refractivity contribution in [1.82, 2.24) is 9.80 Å². The number of carbonyl (C=O) groups excluding carboxylic acids is 2. The van der Waals surface area contributed by atoms with Gasteiger partial charge in [0.1, 0.15) is 0 Å². The molecule has 0 radical (unpaired) electrons. The molecule has 4 nitrogen and oxygen atoms in total. The van der Waals surface area contributed by atoms with E-state index >= 15 is 0 Å². The van der Waals surface area contributed by atoms with E-state index in [9.17, 15) is 22.8 Å². The van der Waals surface area contributed by atoms with Crippen LogP contribution in [0.25, 0.3) is 0 Å². The minimum Gasteiger partial charge on any atom is -0.339 e. The first-order valence-electron chi connectivity index (χ1n) is 8.74. The summed E-state index contributed by atoms with van der Waals surface area (Å²) >= 11 is 6.08. The zero-order chi connectivity index (χ0) is 20.3. The molecule has 2 aromatic rings. The van der Waals surface area contributed by atoms with E-state index in [1.165, 1.54) is 23.1 Å². The Morgan fingerprint density at radius 3 is 2.11 bits per heavy atom. The third-order valence-corrected chi connectivity index (χ3v) is 5.05. The van der Waals surface area contributed by atoms with Gasteiger partial charge in [-0.25, -0.2) is 0 Å². The van der Waals surface area contributed by atoms with E-state index in [2.05, 4.69) is 0 Å². The minimum absolute atomic E-state index is 0.129. The zero-order valence-corrected chi connectivity index (χ0v) is 15.6. The minimum atomic E-state index is -4.60. The lowest BCUT2D eigenvalue weighted by molar-refractivity contribution is -0.138. The molecule has 0 bridgehead atoms. The topological polar surface area (TPSA) is 40.6 Å². The van der Waals surface area contributed by atoms with Crippen molar-refractivity contribution in [2.45, 2.75) is 12.6 Å². The summed E-state index contributed by atoms with van der Waals surface area (Å²) in [4.78, 5) is 28.0. The normalized spacial score (nSPS) is 14.9. The zero-order valence-electron chi connectivity index (χ0n) is 14.9. The molecule has 28 heavy (non-hydrogen) atoms. The van der Waals surface area contributed by atoms with E-state index < -0.39 is 17.6 Å². The van der Waals surface area contributed by atoms with Gasteiger partial charge < -0.3 is 9.80 Å². The lowest BCUT2D eigenvalue weighted by Gasteiger charge is -2.35. The van der Waals surface area contributed by atoms with Crippen molar-refractivity contribution < 1.29 is 22.8 Å². The quantitative estimate of drug-likeness (QED) is 0.770. The fourth-order valence-corrected chi connectivity index (χ4v) is 3.37. The Morgan fingerprint density at radius 2 is 1.46 bits per heavy atom. The molecule has 2 aromatic carbocycles. The van der Waals surface area contributed by atoms with Gasteiger partial charge in [0.25, 0.3) is 5.91 Å². The number of halogens is 4. The van der Waals surface area contributed by atoms with Gasteiger partial charge in [-0.05, 0) is 23.8 Å². The first-order valence-corrected chi connectivity index (χ1v) is 9.12. The third-order valence-electron chi connectivity index (χ3n) is 4.68. The summed E-state index contributed by atoms with van der Waals surface area (Å²) in [6.45, 7) is 0.894. The predicted molar refractivity (Wildman–Crippen MR) is 99.1 cm³/mol. The van der Waals surface area contributed by atoms with Crippen LogP contribution in [0, 0.1) is 0 Å². The second-order valence-electron chi connectivity index (χ2n) is 6.48. The SMILES string of the molecule is O=C(Cc1ccccc1Cl)N1CCN(C(=O)c2ccccc2C(F)(F)F)CC1. The highest BCUT2D eigenvalue weighted by atomic mass is 35.5. The number of amides is 2. The molecule has 0 saturated carbocycles. The van der Waals surface area contributed by atoms with Crippen molar-refractivity contribution in [2.75, 3.05) is 26.2 Å². The first-order chi connectivity index (χ1) is 13.3. The molecule has 1 fully saturated rings. The second kappa shape index (κ2) is 8.22. The number of piperazine rings is 1. The van der Waals surface area contributed by atoms with Gasteiger partial charge in [0.2, 0.25) is 5.91 Å². The van der Waals surface area contributed by atoms with Crippen molar-refractivity contribution in [2.24, 2.45) is 0 Å². The summed E-state index contributed by atoms with van der Waals surface area (Å²) < 4.78 is 39.4. The van der Waals surface area contributed by atoms with E-state index in [1.807, 2.05) is 0 Å². The van der Waals surface area contributed by atoms with E-state index in [0.29, 0.717) is 10.6 Å². The highest BCUT2D eigenvalue weighted by Crippen LogP contribution is 2.32. The van der Waals surface area contributed by atoms with Crippen molar-refractivity contribution in [3.8, 4) is 0 Å². The van der Waals surface area contributed by atoms with Crippen LogP contribution in [0.15, 0.2) is 48.5 Å². The molecule has 0 aliphatic carbocycles. The van der Waals surface area contributed by atoms with Crippen LogP contribution in [0.5, 0.6) is 0 Å². The fraction of sp³-hybridized carbons (Fsp3) is 0.300. The summed E-state index contributed by atoms with van der Waals surface area (Å²) in [5.74, 6) is -0.804. The average Bonchev–Trinajstić information content (AvgIpc) is 2.68. The van der Waals surface area contributed by atoms with Crippen LogP contribution in [0.4, 0.5) is 13.2 Å². The molecule has 2 amide bonds. The van der Waals surface area contributed by atoms with Gasteiger partial charge in [-0.3, -0.25) is 9.59 Å². The van der Waals surface area contributed by atoms with Crippen LogP contribution in [-0.2, 0) is 17.4 Å². The molecule has 0 unspecified atom stereocenters. The average molecular weight is 411 g/mol. The summed E-state index contributed by atoms with van der Waals surface area (Å²) in [5, 5.41) is 0.508. The van der Waals surface area contributed by atoms with Crippen LogP contribution in [0.3, 0.4) is 0 Å². The molecule has 1 aliphatic rings. The van der Waals surface area contributed by atoms with Crippen molar-refractivity contribution in [3.63, 3.8) is 0 Å². The predicted octanol–water partition coefficient (Wildman–Crippen LogP) is 3.89. The molecule has 0 spiro atoms. The van der Waals surface area contributed by atoms with Crippen molar-refractivity contribution in [3.05, 3.63) is 70.2 Å². The largest absolute Gasteiger partial charge is 0.417 e. The maximum Gasteiger partial charge on any atom is 0.417 e. The van der Waals surface area contributed by atoms with Gasteiger partial charge in [-0.2, -0.15) is 13.2 Å². The summed E-state index contributed by atoms with van der Waals surface area (Å²) in [7, 11) is 0. The monoisotopic (exact) mass is 410 g/mol. The van der Waals surface area contributed by atoms with Crippen LogP contribution >= 0.6 is 11.6 Å². The van der Waals surface area contributed by atoms with Crippen LogP contribution in [-0.4, -0.2) is 47.8 Å². The molecular formula is C20H18ClF3N2O2. The van der Waals surface area contributed by atoms with Crippen LogP contribution in [0.2, 0.25) is 5.02 Å². The number of benzene rings is 2. The number of carbonyl (C=O) groups is 2. The standard InChI is InChI=1S/C20H18ClF3N2O2/c21-17-8-4-1-5-14(17)13-18(27)25-9-11-26(12-10-25)19(28)15-6-2-3-7-16(15)20(22,23)24/h1-8H,9-13H2. The molecule has 0 N–H and O–H groups in total. The molecule has 1 saturated heterocycles. The molecule has 3 rings (SSSR count). The highest BCUT2D eigenvalue weighted by Gasteiger charge is 2.36. The first kappa shape index (κ1) is 20.2. The summed E-state index contributed by atoms with van der Waals surface area (Å²) in [6.07, 6.45) is -4.45. The molecule has 1 heterocycles. The molecule has 8 heteroatoms. The van der Waals surface area contributed by atoms with Gasteiger partial charge in [0, 0.05) is 31.2 Å². The van der Waals surface area contributed by atoms with Gasteiger partial charge >= 0.3 is 6.18 Å². The number of alkyl halides is 3. The highest BCUT2D eigenvalue weighted by molar-refractivity contribution is 6.31. The summed E-state index contributed by atoms with van der Waals surface area (Å²) in [5.41, 5.74) is -0.602. The fourth-order valence-electron chi connectivity index (χ4n) is 3.16. The number of nitrogens with zero attached hydrogens (tertiary/aromatic N) is 2. The Labute approximate surface area is 165 Å². The van der Waals surface area contributed by atoms with Gasteiger partial charge in [-0.15, -0.1) is 0 Å². The lowest BCUT2D eigenvalue weighted by Crippen LogP contribution is -2.51. The van der Waals surface area contributed by atoms with Crippen molar-refractivity contribution >= 4 is 23.4 Å². The Hall–Kier alpha value is -2.54. The van der Waals surface area contributed by atoms with Gasteiger partial charge in [0.05, 0.1) is 17.5 Å². The maximum atomic E-state index is 13.1.